The molecule has 32 heavy (non-hydrogen) atoms. The third-order valence-electron chi connectivity index (χ3n) is 5.53. The average molecular weight is 449 g/mol. The summed E-state index contributed by atoms with van der Waals surface area (Å²) in [4.78, 5) is 23.1. The molecule has 0 saturated carbocycles. The lowest BCUT2D eigenvalue weighted by Gasteiger charge is -2.34. The van der Waals surface area contributed by atoms with Gasteiger partial charge in [-0.25, -0.2) is 4.39 Å². The van der Waals surface area contributed by atoms with E-state index in [-0.39, 0.29) is 11.7 Å². The normalized spacial score (nSPS) is 14.6. The van der Waals surface area contributed by atoms with Gasteiger partial charge in [-0.05, 0) is 30.3 Å². The van der Waals surface area contributed by atoms with Gasteiger partial charge in [0.05, 0.1) is 0 Å². The average Bonchev–Trinajstić information content (AvgIpc) is 3.50. The Morgan fingerprint density at radius 1 is 1.03 bits per heavy atom. The Balaban J connectivity index is 1.18. The molecule has 1 aliphatic heterocycles. The second-order valence-corrected chi connectivity index (χ2v) is 8.79. The summed E-state index contributed by atoms with van der Waals surface area (Å²) in [6.45, 7) is 3.59. The number of rotatable bonds is 5. The molecule has 1 amide bonds. The van der Waals surface area contributed by atoms with Crippen molar-refractivity contribution in [2.45, 2.75) is 6.54 Å². The standard InChI is InChI=1S/C24H21FN4O2S/c25-20-4-2-1-3-19(20)23-6-5-18(32-23)16-28-11-13-29(14-12-28)24(30)21-15-22(31-27-21)17-7-9-26-10-8-17/h1-10,15H,11-14,16H2. The molecule has 0 atom stereocenters. The molecule has 0 spiro atoms. The number of hydrogen-bond acceptors (Lipinski definition) is 6. The maximum absolute atomic E-state index is 14.0. The summed E-state index contributed by atoms with van der Waals surface area (Å²) in [6.07, 6.45) is 3.34. The Morgan fingerprint density at radius 3 is 2.59 bits per heavy atom. The summed E-state index contributed by atoms with van der Waals surface area (Å²) in [5.74, 6) is 0.234. The molecule has 0 aliphatic carbocycles. The quantitative estimate of drug-likeness (QED) is 0.448. The highest BCUT2D eigenvalue weighted by molar-refractivity contribution is 7.15. The number of carbonyl (C=O) groups excluding carboxylic acids is 1. The smallest absolute Gasteiger partial charge is 0.276 e. The van der Waals surface area contributed by atoms with Crippen molar-refractivity contribution in [1.29, 1.82) is 0 Å². The SMILES string of the molecule is O=C(c1cc(-c2ccncc2)on1)N1CCN(Cc2ccc(-c3ccccc3F)s2)CC1. The van der Waals surface area contributed by atoms with Crippen LogP contribution in [0.4, 0.5) is 4.39 Å². The summed E-state index contributed by atoms with van der Waals surface area (Å²) < 4.78 is 19.4. The molecular weight excluding hydrogens is 427 g/mol. The molecule has 4 aromatic rings. The van der Waals surface area contributed by atoms with Gasteiger partial charge < -0.3 is 9.42 Å². The van der Waals surface area contributed by atoms with E-state index in [2.05, 4.69) is 21.1 Å². The molecule has 1 fully saturated rings. The van der Waals surface area contributed by atoms with E-state index in [0.29, 0.717) is 30.1 Å². The van der Waals surface area contributed by atoms with E-state index in [4.69, 9.17) is 4.52 Å². The van der Waals surface area contributed by atoms with Crippen LogP contribution in [0.25, 0.3) is 21.8 Å². The van der Waals surface area contributed by atoms with Gasteiger partial charge in [0.1, 0.15) is 5.82 Å². The van der Waals surface area contributed by atoms with Gasteiger partial charge in [-0.2, -0.15) is 0 Å². The van der Waals surface area contributed by atoms with Crippen LogP contribution in [-0.4, -0.2) is 52.0 Å². The van der Waals surface area contributed by atoms with Crippen molar-refractivity contribution in [3.05, 3.63) is 83.4 Å². The number of hydrogen-bond donors (Lipinski definition) is 0. The first-order valence-corrected chi connectivity index (χ1v) is 11.2. The van der Waals surface area contributed by atoms with Crippen LogP contribution in [0.3, 0.4) is 0 Å². The molecule has 0 bridgehead atoms. The molecule has 1 aromatic carbocycles. The Labute approximate surface area is 188 Å². The topological polar surface area (TPSA) is 62.5 Å². The number of pyridine rings is 1. The van der Waals surface area contributed by atoms with Gasteiger partial charge in [0.2, 0.25) is 0 Å². The van der Waals surface area contributed by atoms with E-state index in [1.807, 2.05) is 29.2 Å². The minimum absolute atomic E-state index is 0.119. The third-order valence-corrected chi connectivity index (χ3v) is 6.64. The van der Waals surface area contributed by atoms with Crippen LogP contribution in [0, 0.1) is 5.82 Å². The van der Waals surface area contributed by atoms with Crippen molar-refractivity contribution >= 4 is 17.2 Å². The first-order valence-electron chi connectivity index (χ1n) is 10.4. The number of aromatic nitrogens is 2. The Hall–Kier alpha value is -3.36. The van der Waals surface area contributed by atoms with Gasteiger partial charge in [0, 0.05) is 72.1 Å². The van der Waals surface area contributed by atoms with Gasteiger partial charge >= 0.3 is 0 Å². The summed E-state index contributed by atoms with van der Waals surface area (Å²) in [6, 6.07) is 16.2. The molecule has 5 rings (SSSR count). The van der Waals surface area contributed by atoms with Gasteiger partial charge in [-0.3, -0.25) is 14.7 Å². The summed E-state index contributed by atoms with van der Waals surface area (Å²) in [5.41, 5.74) is 1.79. The van der Waals surface area contributed by atoms with E-state index in [0.717, 1.165) is 30.1 Å². The maximum Gasteiger partial charge on any atom is 0.276 e. The number of amides is 1. The molecule has 3 aromatic heterocycles. The molecule has 4 heterocycles. The van der Waals surface area contributed by atoms with E-state index < -0.39 is 0 Å². The van der Waals surface area contributed by atoms with E-state index in [9.17, 15) is 9.18 Å². The zero-order chi connectivity index (χ0) is 21.9. The minimum atomic E-state index is -0.201. The maximum atomic E-state index is 14.0. The monoisotopic (exact) mass is 448 g/mol. The number of thiophene rings is 1. The first-order chi connectivity index (χ1) is 15.7. The molecular formula is C24H21FN4O2S. The first kappa shape index (κ1) is 20.5. The fraction of sp³-hybridized carbons (Fsp3) is 0.208. The van der Waals surface area contributed by atoms with Crippen molar-refractivity contribution in [2.75, 3.05) is 26.2 Å². The highest BCUT2D eigenvalue weighted by Crippen LogP contribution is 2.31. The fourth-order valence-electron chi connectivity index (χ4n) is 3.79. The highest BCUT2D eigenvalue weighted by Gasteiger charge is 2.25. The molecule has 1 aliphatic rings. The number of nitrogens with zero attached hydrogens (tertiary/aromatic N) is 4. The van der Waals surface area contributed by atoms with Crippen molar-refractivity contribution in [2.24, 2.45) is 0 Å². The Kier molecular flexibility index (Phi) is 5.79. The van der Waals surface area contributed by atoms with E-state index >= 15 is 0 Å². The largest absolute Gasteiger partial charge is 0.355 e. The van der Waals surface area contributed by atoms with Crippen molar-refractivity contribution in [3.8, 4) is 21.8 Å². The van der Waals surface area contributed by atoms with Crippen LogP contribution >= 0.6 is 11.3 Å². The number of piperazine rings is 1. The van der Waals surface area contributed by atoms with Crippen LogP contribution in [0.1, 0.15) is 15.4 Å². The predicted molar refractivity (Wildman–Crippen MR) is 121 cm³/mol. The zero-order valence-corrected chi connectivity index (χ0v) is 18.1. The molecule has 0 radical (unpaired) electrons. The number of halogens is 1. The van der Waals surface area contributed by atoms with Crippen molar-refractivity contribution < 1.29 is 13.7 Å². The van der Waals surface area contributed by atoms with Crippen LogP contribution in [0.15, 0.2) is 71.5 Å². The molecule has 0 N–H and O–H groups in total. The van der Waals surface area contributed by atoms with Crippen molar-refractivity contribution in [3.63, 3.8) is 0 Å². The van der Waals surface area contributed by atoms with Gasteiger partial charge in [-0.15, -0.1) is 11.3 Å². The van der Waals surface area contributed by atoms with E-state index in [1.165, 1.54) is 10.9 Å². The Bertz CT molecular complexity index is 1220. The van der Waals surface area contributed by atoms with E-state index in [1.54, 1.807) is 41.9 Å². The lowest BCUT2D eigenvalue weighted by Crippen LogP contribution is -2.48. The second-order valence-electron chi connectivity index (χ2n) is 7.63. The minimum Gasteiger partial charge on any atom is -0.355 e. The fourth-order valence-corrected chi connectivity index (χ4v) is 4.87. The molecule has 162 valence electrons. The number of carbonyl (C=O) groups is 1. The summed E-state index contributed by atoms with van der Waals surface area (Å²) in [7, 11) is 0. The van der Waals surface area contributed by atoms with Gasteiger partial charge in [0.15, 0.2) is 11.5 Å². The van der Waals surface area contributed by atoms with Gasteiger partial charge in [-0.1, -0.05) is 23.4 Å². The van der Waals surface area contributed by atoms with Crippen LogP contribution in [0.2, 0.25) is 0 Å². The summed E-state index contributed by atoms with van der Waals surface area (Å²) in [5, 5.41) is 3.96. The predicted octanol–water partition coefficient (Wildman–Crippen LogP) is 4.56. The lowest BCUT2D eigenvalue weighted by molar-refractivity contribution is 0.0619. The zero-order valence-electron chi connectivity index (χ0n) is 17.3. The molecule has 6 nitrogen and oxygen atoms in total. The number of benzene rings is 1. The van der Waals surface area contributed by atoms with Crippen LogP contribution in [0.5, 0.6) is 0 Å². The van der Waals surface area contributed by atoms with Gasteiger partial charge in [0.25, 0.3) is 5.91 Å². The molecule has 1 saturated heterocycles. The third kappa shape index (κ3) is 4.32. The van der Waals surface area contributed by atoms with Crippen molar-refractivity contribution in [1.82, 2.24) is 19.9 Å². The second kappa shape index (κ2) is 9.02. The molecule has 8 heteroatoms. The van der Waals surface area contributed by atoms with Crippen LogP contribution in [-0.2, 0) is 6.54 Å². The Morgan fingerprint density at radius 2 is 1.81 bits per heavy atom. The summed E-state index contributed by atoms with van der Waals surface area (Å²) >= 11 is 1.61. The van der Waals surface area contributed by atoms with Crippen LogP contribution < -0.4 is 0 Å². The highest BCUT2D eigenvalue weighted by atomic mass is 32.1. The lowest BCUT2D eigenvalue weighted by atomic mass is 10.2. The molecule has 0 unspecified atom stereocenters.